The molecule has 46 heavy (non-hydrogen) atoms. The van der Waals surface area contributed by atoms with E-state index in [-0.39, 0.29) is 0 Å². The molecule has 214 valence electrons. The van der Waals surface area contributed by atoms with E-state index in [1.807, 2.05) is 0 Å². The van der Waals surface area contributed by atoms with Crippen molar-refractivity contribution in [2.24, 2.45) is 0 Å². The van der Waals surface area contributed by atoms with Crippen molar-refractivity contribution in [1.82, 2.24) is 9.13 Å². The molecule has 0 fully saturated rings. The molecule has 0 aliphatic carbocycles. The Balaban J connectivity index is 1.36. The molecule has 0 radical (unpaired) electrons. The fourth-order valence-corrected chi connectivity index (χ4v) is 7.56. The van der Waals surface area contributed by atoms with E-state index in [0.29, 0.717) is 0 Å². The Labute approximate surface area is 266 Å². The standard InChI is InChI=1S/C44H28N2/c1-2-11-29(12-3-1)33-16-10-17-34(25-33)46-43-28-42-39(27-40(43)38-24-22-31-14-6-7-18-36(31)44(38)46)37-19-8-9-20-41(37)45(42)35-23-21-30-13-4-5-15-32(30)26-35/h1-28H. The van der Waals surface area contributed by atoms with Gasteiger partial charge in [-0.2, -0.15) is 0 Å². The number of hydrogen-bond donors (Lipinski definition) is 0. The van der Waals surface area contributed by atoms with Crippen LogP contribution in [0, 0.1) is 0 Å². The van der Waals surface area contributed by atoms with E-state index >= 15 is 0 Å². The Hall–Kier alpha value is -6.12. The van der Waals surface area contributed by atoms with Gasteiger partial charge >= 0.3 is 0 Å². The summed E-state index contributed by atoms with van der Waals surface area (Å²) in [5.41, 5.74) is 9.62. The van der Waals surface area contributed by atoms with Gasteiger partial charge in [-0.15, -0.1) is 0 Å². The average molecular weight is 585 g/mol. The summed E-state index contributed by atoms with van der Waals surface area (Å²) in [6, 6.07) is 62.1. The third-order valence-corrected chi connectivity index (χ3v) is 9.65. The predicted molar refractivity (Wildman–Crippen MR) is 196 cm³/mol. The van der Waals surface area contributed by atoms with Gasteiger partial charge in [0, 0.05) is 38.3 Å². The molecule has 2 nitrogen and oxygen atoms in total. The number of fused-ring (bicyclic) bond motifs is 9. The van der Waals surface area contributed by atoms with Crippen molar-refractivity contribution >= 4 is 65.2 Å². The Morgan fingerprint density at radius 1 is 0.283 bits per heavy atom. The number of aromatic nitrogens is 2. The molecule has 0 N–H and O–H groups in total. The molecule has 0 saturated carbocycles. The van der Waals surface area contributed by atoms with Crippen molar-refractivity contribution in [3.63, 3.8) is 0 Å². The zero-order valence-corrected chi connectivity index (χ0v) is 25.1. The smallest absolute Gasteiger partial charge is 0.0619 e. The predicted octanol–water partition coefficient (Wildman–Crippen LogP) is 11.9. The minimum atomic E-state index is 1.16. The molecule has 0 unspecified atom stereocenters. The van der Waals surface area contributed by atoms with E-state index in [1.54, 1.807) is 0 Å². The molecular formula is C44H28N2. The van der Waals surface area contributed by atoms with Crippen LogP contribution in [0.3, 0.4) is 0 Å². The lowest BCUT2D eigenvalue weighted by Gasteiger charge is -2.13. The lowest BCUT2D eigenvalue weighted by molar-refractivity contribution is 1.17. The summed E-state index contributed by atoms with van der Waals surface area (Å²) < 4.78 is 4.93. The topological polar surface area (TPSA) is 9.86 Å². The van der Waals surface area contributed by atoms with Crippen LogP contribution in [0.1, 0.15) is 0 Å². The largest absolute Gasteiger partial charge is 0.309 e. The Morgan fingerprint density at radius 3 is 1.83 bits per heavy atom. The molecule has 0 saturated heterocycles. The second-order valence-corrected chi connectivity index (χ2v) is 12.2. The summed E-state index contributed by atoms with van der Waals surface area (Å²) >= 11 is 0. The highest BCUT2D eigenvalue weighted by Gasteiger charge is 2.20. The van der Waals surface area contributed by atoms with Gasteiger partial charge in [0.15, 0.2) is 0 Å². The molecule has 2 heteroatoms. The molecule has 0 amide bonds. The highest BCUT2D eigenvalue weighted by atomic mass is 15.0. The fraction of sp³-hybridized carbons (Fsp3) is 0. The highest BCUT2D eigenvalue weighted by Crippen LogP contribution is 2.42. The summed E-state index contributed by atoms with van der Waals surface area (Å²) in [6.07, 6.45) is 0. The molecule has 10 aromatic rings. The van der Waals surface area contributed by atoms with Gasteiger partial charge in [0.05, 0.1) is 22.1 Å². The molecule has 0 aliphatic rings. The van der Waals surface area contributed by atoms with Crippen LogP contribution in [0.5, 0.6) is 0 Å². The zero-order valence-electron chi connectivity index (χ0n) is 25.1. The van der Waals surface area contributed by atoms with Gasteiger partial charge in [-0.3, -0.25) is 0 Å². The van der Waals surface area contributed by atoms with Gasteiger partial charge in [0.25, 0.3) is 0 Å². The van der Waals surface area contributed by atoms with Gasteiger partial charge in [0.1, 0.15) is 0 Å². The summed E-state index contributed by atoms with van der Waals surface area (Å²) in [5.74, 6) is 0. The van der Waals surface area contributed by atoms with E-state index in [0.717, 1.165) is 5.69 Å². The number of hydrogen-bond acceptors (Lipinski definition) is 0. The molecule has 2 aromatic heterocycles. The molecular weight excluding hydrogens is 556 g/mol. The maximum atomic E-state index is 2.49. The second-order valence-electron chi connectivity index (χ2n) is 12.2. The van der Waals surface area contributed by atoms with Crippen LogP contribution in [-0.2, 0) is 0 Å². The second kappa shape index (κ2) is 9.69. The summed E-state index contributed by atoms with van der Waals surface area (Å²) in [7, 11) is 0. The van der Waals surface area contributed by atoms with Gasteiger partial charge in [-0.25, -0.2) is 0 Å². The SMILES string of the molecule is c1ccc(-c2cccc(-n3c4cc5c(cc4c4ccc6ccccc6c43)c3ccccc3n5-c3ccc4ccccc4c3)c2)cc1. The van der Waals surface area contributed by atoms with Crippen LogP contribution in [0.4, 0.5) is 0 Å². The number of rotatable bonds is 3. The minimum Gasteiger partial charge on any atom is -0.309 e. The highest BCUT2D eigenvalue weighted by molar-refractivity contribution is 6.23. The van der Waals surface area contributed by atoms with Crippen LogP contribution in [0.15, 0.2) is 170 Å². The van der Waals surface area contributed by atoms with Crippen LogP contribution in [-0.4, -0.2) is 9.13 Å². The van der Waals surface area contributed by atoms with E-state index in [1.165, 1.54) is 82.0 Å². The first kappa shape index (κ1) is 25.2. The number of para-hydroxylation sites is 1. The summed E-state index contributed by atoms with van der Waals surface area (Å²) in [4.78, 5) is 0. The van der Waals surface area contributed by atoms with Crippen LogP contribution >= 0.6 is 0 Å². The fourth-order valence-electron chi connectivity index (χ4n) is 7.56. The molecule has 0 spiro atoms. The quantitative estimate of drug-likeness (QED) is 0.195. The van der Waals surface area contributed by atoms with Crippen molar-refractivity contribution in [1.29, 1.82) is 0 Å². The van der Waals surface area contributed by atoms with Gasteiger partial charge < -0.3 is 9.13 Å². The minimum absolute atomic E-state index is 1.16. The maximum Gasteiger partial charge on any atom is 0.0619 e. The van der Waals surface area contributed by atoms with Crippen molar-refractivity contribution in [3.8, 4) is 22.5 Å². The van der Waals surface area contributed by atoms with Crippen molar-refractivity contribution in [3.05, 3.63) is 170 Å². The van der Waals surface area contributed by atoms with E-state index < -0.39 is 0 Å². The van der Waals surface area contributed by atoms with Crippen LogP contribution in [0.2, 0.25) is 0 Å². The Morgan fingerprint density at radius 2 is 0.935 bits per heavy atom. The molecule has 10 rings (SSSR count). The normalized spacial score (nSPS) is 11.9. The summed E-state index contributed by atoms with van der Waals surface area (Å²) in [6.45, 7) is 0. The number of benzene rings is 8. The third-order valence-electron chi connectivity index (χ3n) is 9.65. The Kier molecular flexibility index (Phi) is 5.31. The molecule has 8 aromatic carbocycles. The lowest BCUT2D eigenvalue weighted by Crippen LogP contribution is -1.97. The third kappa shape index (κ3) is 3.65. The molecule has 0 aliphatic heterocycles. The van der Waals surface area contributed by atoms with Crippen LogP contribution in [0.25, 0.3) is 87.7 Å². The molecule has 0 atom stereocenters. The zero-order chi connectivity index (χ0) is 30.2. The molecule has 0 bridgehead atoms. The first-order chi connectivity index (χ1) is 22.8. The van der Waals surface area contributed by atoms with Crippen molar-refractivity contribution in [2.75, 3.05) is 0 Å². The maximum absolute atomic E-state index is 2.49. The summed E-state index contributed by atoms with van der Waals surface area (Å²) in [5, 5.41) is 10.1. The van der Waals surface area contributed by atoms with Gasteiger partial charge in [-0.05, 0) is 69.8 Å². The average Bonchev–Trinajstić information content (AvgIpc) is 3.63. The van der Waals surface area contributed by atoms with E-state index in [2.05, 4.69) is 179 Å². The van der Waals surface area contributed by atoms with Crippen molar-refractivity contribution < 1.29 is 0 Å². The lowest BCUT2D eigenvalue weighted by atomic mass is 10.0. The number of nitrogens with zero attached hydrogens (tertiary/aromatic N) is 2. The first-order valence-electron chi connectivity index (χ1n) is 15.9. The Bertz CT molecular complexity index is 2800. The van der Waals surface area contributed by atoms with E-state index in [9.17, 15) is 0 Å². The molecule has 2 heterocycles. The van der Waals surface area contributed by atoms with Crippen LogP contribution < -0.4 is 0 Å². The van der Waals surface area contributed by atoms with Gasteiger partial charge in [0.2, 0.25) is 0 Å². The van der Waals surface area contributed by atoms with E-state index in [4.69, 9.17) is 0 Å². The van der Waals surface area contributed by atoms with Gasteiger partial charge in [-0.1, -0.05) is 127 Å². The van der Waals surface area contributed by atoms with Crippen molar-refractivity contribution in [2.45, 2.75) is 0 Å². The first-order valence-corrected chi connectivity index (χ1v) is 15.9. The monoisotopic (exact) mass is 584 g/mol.